The van der Waals surface area contributed by atoms with Gasteiger partial charge in [-0.05, 0) is 94.3 Å². The summed E-state index contributed by atoms with van der Waals surface area (Å²) >= 11 is 0. The number of carbonyl (C=O) groups excluding carboxylic acids is 5. The van der Waals surface area contributed by atoms with E-state index < -0.39 is 49.3 Å². The summed E-state index contributed by atoms with van der Waals surface area (Å²) in [6.45, 7) is 4.12. The molecule has 4 amide bonds. The molecule has 11 nitrogen and oxygen atoms in total. The van der Waals surface area contributed by atoms with Gasteiger partial charge >= 0.3 is 0 Å². The van der Waals surface area contributed by atoms with E-state index in [1.165, 1.54) is 4.90 Å². The maximum atomic E-state index is 15.2. The molecule has 0 unspecified atom stereocenters. The number of rotatable bonds is 7. The molecule has 6 aliphatic rings. The zero-order valence-corrected chi connectivity index (χ0v) is 25.7. The summed E-state index contributed by atoms with van der Waals surface area (Å²) in [5, 5.41) is 8.24. The van der Waals surface area contributed by atoms with Crippen LogP contribution in [-0.4, -0.2) is 78.0 Å². The number of likely N-dealkylation sites (tertiary alicyclic amines) is 1. The molecule has 12 heteroatoms. The minimum atomic E-state index is -4.31. The molecule has 4 bridgehead atoms. The summed E-state index contributed by atoms with van der Waals surface area (Å²) in [6, 6.07) is -1.68. The molecule has 3 N–H and O–H groups in total. The van der Waals surface area contributed by atoms with E-state index in [9.17, 15) is 24.0 Å². The maximum absolute atomic E-state index is 15.2. The summed E-state index contributed by atoms with van der Waals surface area (Å²) in [7, 11) is -4.31. The van der Waals surface area contributed by atoms with E-state index in [1.54, 1.807) is 0 Å². The second-order valence-electron chi connectivity index (χ2n) is 13.9. The molecule has 4 aliphatic carbocycles. The Kier molecular flexibility index (Phi) is 8.75. The number of hydrogen-bond acceptors (Lipinski definition) is 7. The lowest BCUT2D eigenvalue weighted by molar-refractivity contribution is -0.143. The van der Waals surface area contributed by atoms with Crippen molar-refractivity contribution in [2.45, 2.75) is 119 Å². The highest BCUT2D eigenvalue weighted by Gasteiger charge is 2.67. The van der Waals surface area contributed by atoms with Crippen LogP contribution in [0.2, 0.25) is 0 Å². The predicted molar refractivity (Wildman–Crippen MR) is 154 cm³/mol. The molecule has 0 spiro atoms. The van der Waals surface area contributed by atoms with Crippen LogP contribution in [0.5, 0.6) is 0 Å². The number of aldehydes is 1. The first-order valence-corrected chi connectivity index (χ1v) is 17.3. The van der Waals surface area contributed by atoms with Crippen LogP contribution in [-0.2, 0) is 33.8 Å². The highest BCUT2D eigenvalue weighted by molar-refractivity contribution is 7.95. The summed E-state index contributed by atoms with van der Waals surface area (Å²) in [5.74, 6) is -1.48. The van der Waals surface area contributed by atoms with E-state index in [1.807, 2.05) is 13.8 Å². The molecule has 2 heterocycles. The Balaban J connectivity index is 1.55. The van der Waals surface area contributed by atoms with Crippen LogP contribution in [0.1, 0.15) is 97.3 Å². The normalized spacial score (nSPS) is 36.1. The van der Waals surface area contributed by atoms with E-state index in [0.29, 0.717) is 75.5 Å². The Morgan fingerprint density at radius 3 is 2.19 bits per heavy atom. The smallest absolute Gasteiger partial charge is 0.264 e. The van der Waals surface area contributed by atoms with Gasteiger partial charge in [0.2, 0.25) is 22.6 Å². The summed E-state index contributed by atoms with van der Waals surface area (Å²) in [4.78, 5) is 64.6. The van der Waals surface area contributed by atoms with Crippen molar-refractivity contribution in [1.29, 1.82) is 0 Å². The number of sulfone groups is 1. The van der Waals surface area contributed by atoms with Gasteiger partial charge in [-0.1, -0.05) is 13.8 Å². The molecule has 6 rings (SSSR count). The average Bonchev–Trinajstić information content (AvgIpc) is 3.41. The number of nitrogens with zero attached hydrogens (tertiary/aromatic N) is 1. The monoisotopic (exact) mass is 606 g/mol. The number of carbonyl (C=O) groups is 5. The molecule has 6 fully saturated rings. The third-order valence-corrected chi connectivity index (χ3v) is 13.6. The molecule has 3 atom stereocenters. The van der Waals surface area contributed by atoms with Crippen LogP contribution in [0.15, 0.2) is 0 Å². The lowest BCUT2D eigenvalue weighted by Gasteiger charge is -2.58. The molecule has 0 aromatic heterocycles. The Morgan fingerprint density at radius 1 is 0.976 bits per heavy atom. The van der Waals surface area contributed by atoms with Crippen LogP contribution < -0.4 is 16.0 Å². The lowest BCUT2D eigenvalue weighted by atomic mass is 9.56. The largest absolute Gasteiger partial charge is 0.356 e. The van der Waals surface area contributed by atoms with E-state index in [-0.39, 0.29) is 37.6 Å². The molecule has 42 heavy (non-hydrogen) atoms. The second-order valence-corrected chi connectivity index (χ2v) is 16.4. The van der Waals surface area contributed by atoms with Gasteiger partial charge in [0.15, 0.2) is 9.84 Å². The van der Waals surface area contributed by atoms with Crippen LogP contribution in [0.3, 0.4) is 0 Å². The van der Waals surface area contributed by atoms with Crippen molar-refractivity contribution < 1.29 is 32.4 Å². The van der Waals surface area contributed by atoms with Crippen LogP contribution in [0, 0.1) is 23.7 Å². The first-order chi connectivity index (χ1) is 19.9. The van der Waals surface area contributed by atoms with Gasteiger partial charge in [-0.25, -0.2) is 8.42 Å². The molecule has 2 saturated heterocycles. The predicted octanol–water partition coefficient (Wildman–Crippen LogP) is 1.59. The molecule has 4 saturated carbocycles. The van der Waals surface area contributed by atoms with Gasteiger partial charge in [-0.2, -0.15) is 0 Å². The summed E-state index contributed by atoms with van der Waals surface area (Å²) in [5.41, 5.74) is 0. The van der Waals surface area contributed by atoms with Crippen molar-refractivity contribution in [2.75, 3.05) is 13.1 Å². The van der Waals surface area contributed by atoms with Gasteiger partial charge in [0.1, 0.15) is 12.3 Å². The quantitative estimate of drug-likeness (QED) is 0.371. The van der Waals surface area contributed by atoms with Gasteiger partial charge in [0, 0.05) is 25.9 Å². The van der Waals surface area contributed by atoms with Crippen molar-refractivity contribution in [3.8, 4) is 0 Å². The minimum Gasteiger partial charge on any atom is -0.356 e. The molecule has 0 aromatic rings. The van der Waals surface area contributed by atoms with Crippen molar-refractivity contribution in [1.82, 2.24) is 20.9 Å². The van der Waals surface area contributed by atoms with E-state index in [0.717, 1.165) is 19.3 Å². The molecule has 0 radical (unpaired) electrons. The van der Waals surface area contributed by atoms with Crippen molar-refractivity contribution >= 4 is 39.8 Å². The standard InChI is InChI=1S/C30H46N4O7S/c1-19(2)23(18-35)32-27(38)24-6-5-11-34(24)28(39)30(9-3-4-10-31-25(36)7-8-26(37)33-30)42(40,41)29-15-20-12-21(16-29)14-22(13-20)17-29/h18-24H,3-17H2,1-2H3,(H,31,36)(H,32,38)(H,33,37)/t20?,21?,22?,23-,24+,29?,30-/m1/s1. The van der Waals surface area contributed by atoms with Crippen LogP contribution in [0.25, 0.3) is 0 Å². The van der Waals surface area contributed by atoms with Crippen molar-refractivity contribution in [3.63, 3.8) is 0 Å². The van der Waals surface area contributed by atoms with Crippen LogP contribution >= 0.6 is 0 Å². The first kappa shape index (κ1) is 30.9. The molecule has 0 aromatic carbocycles. The molecular weight excluding hydrogens is 560 g/mol. The average molecular weight is 607 g/mol. The Bertz CT molecular complexity index is 1180. The second kappa shape index (κ2) is 11.9. The van der Waals surface area contributed by atoms with Crippen molar-refractivity contribution in [2.24, 2.45) is 23.7 Å². The Labute approximate surface area is 248 Å². The Morgan fingerprint density at radius 2 is 1.60 bits per heavy atom. The summed E-state index contributed by atoms with van der Waals surface area (Å²) < 4.78 is 29.3. The van der Waals surface area contributed by atoms with E-state index >= 15 is 8.42 Å². The van der Waals surface area contributed by atoms with E-state index in [2.05, 4.69) is 16.0 Å². The number of nitrogens with one attached hydrogen (secondary N) is 3. The lowest BCUT2D eigenvalue weighted by Crippen LogP contribution is -2.71. The fraction of sp³-hybridized carbons (Fsp3) is 0.833. The fourth-order valence-electron chi connectivity index (χ4n) is 8.73. The van der Waals surface area contributed by atoms with Gasteiger partial charge in [0.25, 0.3) is 5.91 Å². The fourth-order valence-corrected chi connectivity index (χ4v) is 11.8. The number of hydrogen-bond donors (Lipinski definition) is 3. The molecule has 234 valence electrons. The van der Waals surface area contributed by atoms with Crippen LogP contribution in [0.4, 0.5) is 0 Å². The minimum absolute atomic E-state index is 0.107. The highest BCUT2D eigenvalue weighted by Crippen LogP contribution is 2.60. The highest BCUT2D eigenvalue weighted by atomic mass is 32.2. The first-order valence-electron chi connectivity index (χ1n) is 15.8. The maximum Gasteiger partial charge on any atom is 0.264 e. The zero-order chi connectivity index (χ0) is 30.3. The molecule has 2 aliphatic heterocycles. The van der Waals surface area contributed by atoms with Gasteiger partial charge < -0.3 is 25.6 Å². The van der Waals surface area contributed by atoms with E-state index in [4.69, 9.17) is 0 Å². The number of amides is 4. The topological polar surface area (TPSA) is 159 Å². The Hall–Kier alpha value is -2.50. The van der Waals surface area contributed by atoms with Crippen molar-refractivity contribution in [3.05, 3.63) is 0 Å². The zero-order valence-electron chi connectivity index (χ0n) is 24.9. The summed E-state index contributed by atoms with van der Waals surface area (Å²) in [6.07, 6.45) is 6.29. The molecular formula is C30H46N4O7S. The SMILES string of the molecule is CC(C)[C@@H](C=O)NC(=O)[C@@H]1CCCN1C(=O)[C@]1(S(=O)(=O)C23CC4CC(CC(C4)C2)C3)CCCCNC(=O)CCC(=O)N1. The third-order valence-electron chi connectivity index (χ3n) is 10.5. The third kappa shape index (κ3) is 5.48. The van der Waals surface area contributed by atoms with Gasteiger partial charge in [-0.15, -0.1) is 0 Å². The van der Waals surface area contributed by atoms with Gasteiger partial charge in [0.05, 0.1) is 10.8 Å². The van der Waals surface area contributed by atoms with Gasteiger partial charge in [-0.3, -0.25) is 19.2 Å².